The first-order valence-electron chi connectivity index (χ1n) is 10.1. The number of carbonyl (C=O) groups excluding carboxylic acids is 1. The third kappa shape index (κ3) is 3.35. The van der Waals surface area contributed by atoms with Crippen molar-refractivity contribution in [3.63, 3.8) is 0 Å². The maximum Gasteiger partial charge on any atom is 0.172 e. The normalized spacial score (nSPS) is 19.1. The number of nitrogens with zero attached hydrogens (tertiary/aromatic N) is 3. The number of ether oxygens (including phenoxy) is 2. The van der Waals surface area contributed by atoms with Crippen molar-refractivity contribution in [1.29, 1.82) is 0 Å². The number of fused-ring (bicyclic) bond motifs is 2. The van der Waals surface area contributed by atoms with E-state index in [1.165, 1.54) is 4.88 Å². The molecule has 5 rings (SSSR count). The highest BCUT2D eigenvalue weighted by atomic mass is 32.1. The third-order valence-electron chi connectivity index (χ3n) is 5.57. The first kappa shape index (κ1) is 19.1. The fourth-order valence-corrected chi connectivity index (χ4v) is 4.94. The van der Waals surface area contributed by atoms with Crippen LogP contribution in [0.25, 0.3) is 0 Å². The first-order chi connectivity index (χ1) is 14.4. The smallest absolute Gasteiger partial charge is 0.172 e. The van der Waals surface area contributed by atoms with Gasteiger partial charge in [0.15, 0.2) is 17.3 Å². The average molecular weight is 425 g/mol. The van der Waals surface area contributed by atoms with Crippen LogP contribution < -0.4 is 14.8 Å². The molecule has 2 aliphatic rings. The van der Waals surface area contributed by atoms with E-state index in [9.17, 15) is 4.79 Å². The van der Waals surface area contributed by atoms with E-state index in [4.69, 9.17) is 9.47 Å². The largest absolute Gasteiger partial charge is 0.486 e. The molecule has 0 saturated carbocycles. The van der Waals surface area contributed by atoms with Crippen LogP contribution in [0.5, 0.6) is 11.5 Å². The maximum atomic E-state index is 13.2. The zero-order valence-corrected chi connectivity index (χ0v) is 18.1. The molecule has 0 amide bonds. The lowest BCUT2D eigenvalue weighted by atomic mass is 9.92. The van der Waals surface area contributed by atoms with E-state index in [0.717, 1.165) is 28.6 Å². The summed E-state index contributed by atoms with van der Waals surface area (Å²) >= 11 is 1.69. The quantitative estimate of drug-likeness (QED) is 0.635. The Morgan fingerprint density at radius 3 is 2.83 bits per heavy atom. The maximum absolute atomic E-state index is 13.2. The Hall–Kier alpha value is -2.87. The van der Waals surface area contributed by atoms with Crippen LogP contribution in [-0.4, -0.2) is 33.8 Å². The number of carbonyl (C=O) groups is 1. The molecule has 7 nitrogen and oxygen atoms in total. The molecule has 2 aliphatic heterocycles. The average Bonchev–Trinajstić information content (AvgIpc) is 3.34. The molecule has 0 aliphatic carbocycles. The standard InChI is InChI=1S/C22H24N4O3S/c1-13-11-23-21(30-13)16-10-22(2,3)26-20(25-16)15(12-24-26)17(27)8-14-4-5-18-19(9-14)29-7-6-28-18/h4-5,9,11-12,16,25H,6-8,10H2,1-3H3. The number of anilines is 1. The van der Waals surface area contributed by atoms with Crippen molar-refractivity contribution in [2.24, 2.45) is 0 Å². The molecule has 2 aromatic heterocycles. The van der Waals surface area contributed by atoms with Crippen molar-refractivity contribution >= 4 is 22.9 Å². The zero-order valence-electron chi connectivity index (χ0n) is 17.3. The molecule has 3 aromatic rings. The molecular formula is C22H24N4O3S. The minimum absolute atomic E-state index is 0.0206. The number of benzene rings is 1. The molecule has 4 heterocycles. The highest BCUT2D eigenvalue weighted by Gasteiger charge is 2.37. The van der Waals surface area contributed by atoms with E-state index in [1.807, 2.05) is 29.1 Å². The molecule has 0 spiro atoms. The summed E-state index contributed by atoms with van der Waals surface area (Å²) in [7, 11) is 0. The van der Waals surface area contributed by atoms with Gasteiger partial charge in [-0.1, -0.05) is 6.07 Å². The van der Waals surface area contributed by atoms with E-state index >= 15 is 0 Å². The van der Waals surface area contributed by atoms with Crippen molar-refractivity contribution in [1.82, 2.24) is 14.8 Å². The van der Waals surface area contributed by atoms with Crippen molar-refractivity contribution in [2.45, 2.75) is 45.2 Å². The Morgan fingerprint density at radius 2 is 2.07 bits per heavy atom. The SMILES string of the molecule is Cc1cnc(C2CC(C)(C)n3ncc(C(=O)Cc4ccc5c(c4)OCCO5)c3N2)s1. The second-order valence-corrected chi connectivity index (χ2v) is 9.69. The summed E-state index contributed by atoms with van der Waals surface area (Å²) in [6.07, 6.45) is 4.71. The van der Waals surface area contributed by atoms with Gasteiger partial charge in [0.05, 0.1) is 23.3 Å². The number of hydrogen-bond donors (Lipinski definition) is 1. The van der Waals surface area contributed by atoms with Gasteiger partial charge in [-0.25, -0.2) is 9.67 Å². The van der Waals surface area contributed by atoms with E-state index in [-0.39, 0.29) is 23.8 Å². The molecule has 0 fully saturated rings. The number of ketones is 1. The summed E-state index contributed by atoms with van der Waals surface area (Å²) in [6.45, 7) is 7.43. The fourth-order valence-electron chi connectivity index (χ4n) is 4.11. The van der Waals surface area contributed by atoms with Gasteiger partial charge in [-0.05, 0) is 44.9 Å². The Kier molecular flexibility index (Phi) is 4.54. The van der Waals surface area contributed by atoms with Crippen LogP contribution in [-0.2, 0) is 12.0 Å². The van der Waals surface area contributed by atoms with Gasteiger partial charge in [-0.15, -0.1) is 11.3 Å². The number of Topliss-reactive ketones (excluding diaryl/α,β-unsaturated/α-hetero) is 1. The summed E-state index contributed by atoms with van der Waals surface area (Å²) in [5.41, 5.74) is 1.28. The number of aryl methyl sites for hydroxylation is 1. The van der Waals surface area contributed by atoms with Crippen LogP contribution in [0.3, 0.4) is 0 Å². The number of rotatable bonds is 4. The Labute approximate surface area is 179 Å². The van der Waals surface area contributed by atoms with E-state index in [1.54, 1.807) is 17.5 Å². The number of nitrogens with one attached hydrogen (secondary N) is 1. The van der Waals surface area contributed by atoms with Gasteiger partial charge in [0.25, 0.3) is 0 Å². The van der Waals surface area contributed by atoms with Crippen molar-refractivity contribution in [3.8, 4) is 11.5 Å². The molecule has 1 aromatic carbocycles. The third-order valence-corrected chi connectivity index (χ3v) is 6.59. The van der Waals surface area contributed by atoms with Crippen molar-refractivity contribution in [2.75, 3.05) is 18.5 Å². The van der Waals surface area contributed by atoms with E-state index in [0.29, 0.717) is 24.5 Å². The summed E-state index contributed by atoms with van der Waals surface area (Å²) in [4.78, 5) is 18.9. The van der Waals surface area contributed by atoms with Gasteiger partial charge in [-0.3, -0.25) is 4.79 Å². The van der Waals surface area contributed by atoms with Gasteiger partial charge >= 0.3 is 0 Å². The lowest BCUT2D eigenvalue weighted by Crippen LogP contribution is -2.38. The van der Waals surface area contributed by atoms with E-state index in [2.05, 4.69) is 36.2 Å². The van der Waals surface area contributed by atoms with Gasteiger partial charge in [0.2, 0.25) is 0 Å². The van der Waals surface area contributed by atoms with E-state index < -0.39 is 0 Å². The zero-order chi connectivity index (χ0) is 20.9. The number of hydrogen-bond acceptors (Lipinski definition) is 7. The van der Waals surface area contributed by atoms with Crippen LogP contribution >= 0.6 is 11.3 Å². The summed E-state index contributed by atoms with van der Waals surface area (Å²) in [5.74, 6) is 2.21. The minimum Gasteiger partial charge on any atom is -0.486 e. The number of thiazole rings is 1. The second-order valence-electron chi connectivity index (χ2n) is 8.42. The lowest BCUT2D eigenvalue weighted by Gasteiger charge is -2.37. The van der Waals surface area contributed by atoms with Crippen LogP contribution in [0.1, 0.15) is 52.1 Å². The predicted molar refractivity (Wildman–Crippen MR) is 115 cm³/mol. The van der Waals surface area contributed by atoms with Gasteiger partial charge in [-0.2, -0.15) is 5.10 Å². The Balaban J connectivity index is 1.42. The molecule has 1 unspecified atom stereocenters. The Morgan fingerprint density at radius 1 is 1.27 bits per heavy atom. The molecule has 0 bridgehead atoms. The minimum atomic E-state index is -0.222. The molecule has 8 heteroatoms. The summed E-state index contributed by atoms with van der Waals surface area (Å²) < 4.78 is 13.2. The molecule has 1 atom stereocenters. The molecule has 1 N–H and O–H groups in total. The Bertz CT molecular complexity index is 1120. The van der Waals surface area contributed by atoms with Gasteiger partial charge < -0.3 is 14.8 Å². The molecule has 156 valence electrons. The molecule has 0 radical (unpaired) electrons. The highest BCUT2D eigenvalue weighted by Crippen LogP contribution is 2.41. The van der Waals surface area contributed by atoms with Crippen LogP contribution in [0.4, 0.5) is 5.82 Å². The van der Waals surface area contributed by atoms with Crippen molar-refractivity contribution < 1.29 is 14.3 Å². The van der Waals surface area contributed by atoms with Crippen LogP contribution in [0, 0.1) is 6.92 Å². The first-order valence-corrected chi connectivity index (χ1v) is 10.9. The summed E-state index contributed by atoms with van der Waals surface area (Å²) in [6, 6.07) is 5.73. The fraction of sp³-hybridized carbons (Fsp3) is 0.409. The molecule has 0 saturated heterocycles. The van der Waals surface area contributed by atoms with Gasteiger partial charge in [0, 0.05) is 17.5 Å². The molecule has 30 heavy (non-hydrogen) atoms. The monoisotopic (exact) mass is 424 g/mol. The van der Waals surface area contributed by atoms with Crippen LogP contribution in [0.2, 0.25) is 0 Å². The number of aromatic nitrogens is 3. The molecular weight excluding hydrogens is 400 g/mol. The summed E-state index contributed by atoms with van der Waals surface area (Å²) in [5, 5.41) is 9.12. The predicted octanol–water partition coefficient (Wildman–Crippen LogP) is 4.14. The highest BCUT2D eigenvalue weighted by molar-refractivity contribution is 7.11. The second kappa shape index (κ2) is 7.12. The topological polar surface area (TPSA) is 78.3 Å². The lowest BCUT2D eigenvalue weighted by molar-refractivity contribution is 0.0993. The van der Waals surface area contributed by atoms with Gasteiger partial charge in [0.1, 0.15) is 24.0 Å². The van der Waals surface area contributed by atoms with Crippen LogP contribution in [0.15, 0.2) is 30.6 Å². The van der Waals surface area contributed by atoms with Crippen molar-refractivity contribution in [3.05, 3.63) is 51.6 Å².